The number of halogens is 1. The summed E-state index contributed by atoms with van der Waals surface area (Å²) in [6, 6.07) is 6.07. The summed E-state index contributed by atoms with van der Waals surface area (Å²) < 4.78 is 5.68. The van der Waals surface area contributed by atoms with Crippen LogP contribution < -0.4 is 10.1 Å². The van der Waals surface area contributed by atoms with Crippen molar-refractivity contribution in [2.45, 2.75) is 52.7 Å². The monoisotopic (exact) mass is 313 g/mol. The Morgan fingerprint density at radius 1 is 1.33 bits per heavy atom. The molecule has 0 aliphatic carbocycles. The van der Waals surface area contributed by atoms with Gasteiger partial charge in [0.15, 0.2) is 0 Å². The molecule has 0 radical (unpaired) electrons. The maximum atomic E-state index is 10.2. The van der Waals surface area contributed by atoms with Gasteiger partial charge in [-0.1, -0.05) is 38.4 Å². The van der Waals surface area contributed by atoms with Gasteiger partial charge in [0.25, 0.3) is 0 Å². The fourth-order valence-corrected chi connectivity index (χ4v) is 2.02. The second-order valence-electron chi connectivity index (χ2n) is 6.17. The van der Waals surface area contributed by atoms with Crippen LogP contribution in [-0.2, 0) is 0 Å². The molecule has 0 aliphatic heterocycles. The highest BCUT2D eigenvalue weighted by Crippen LogP contribution is 2.29. The van der Waals surface area contributed by atoms with E-state index in [-0.39, 0.29) is 18.6 Å². The van der Waals surface area contributed by atoms with Crippen molar-refractivity contribution < 1.29 is 9.84 Å². The summed E-state index contributed by atoms with van der Waals surface area (Å²) in [4.78, 5) is 0. The Hall–Kier alpha value is -0.770. The third-order valence-electron chi connectivity index (χ3n) is 3.92. The molecule has 0 heterocycles. The van der Waals surface area contributed by atoms with Crippen molar-refractivity contribution in [3.8, 4) is 5.75 Å². The lowest BCUT2D eigenvalue weighted by atomic mass is 9.94. The number of hydrogen-bond donors (Lipinski definition) is 2. The number of rotatable bonds is 8. The summed E-state index contributed by atoms with van der Waals surface area (Å²) in [6.45, 7) is 11.2. The third-order valence-corrected chi connectivity index (χ3v) is 4.22. The molecule has 1 rings (SSSR count). The Bertz CT molecular complexity index is 446. The molecule has 0 saturated carbocycles. The van der Waals surface area contributed by atoms with Crippen LogP contribution in [0.25, 0.3) is 0 Å². The van der Waals surface area contributed by atoms with Crippen molar-refractivity contribution in [2.24, 2.45) is 5.92 Å². The standard InChI is InChI=1S/C17H28ClNO2/c1-6-9-19-13(4)14-7-8-16(15(18)10-14)21-11-17(5,20)12(2)3/h7-8,10,12-13,19-20H,6,9,11H2,1-5H3. The lowest BCUT2D eigenvalue weighted by molar-refractivity contribution is -0.0266. The molecule has 120 valence electrons. The Balaban J connectivity index is 2.70. The molecule has 21 heavy (non-hydrogen) atoms. The molecule has 1 aromatic carbocycles. The van der Waals surface area contributed by atoms with Gasteiger partial charge >= 0.3 is 0 Å². The lowest BCUT2D eigenvalue weighted by Gasteiger charge is -2.27. The van der Waals surface area contributed by atoms with Gasteiger partial charge in [0.05, 0.1) is 10.6 Å². The van der Waals surface area contributed by atoms with Gasteiger partial charge in [0.2, 0.25) is 0 Å². The zero-order valence-electron chi connectivity index (χ0n) is 13.7. The van der Waals surface area contributed by atoms with E-state index >= 15 is 0 Å². The van der Waals surface area contributed by atoms with E-state index in [0.717, 1.165) is 18.5 Å². The predicted molar refractivity (Wildman–Crippen MR) is 89.1 cm³/mol. The number of hydrogen-bond acceptors (Lipinski definition) is 3. The molecule has 0 amide bonds. The first-order valence-corrected chi connectivity index (χ1v) is 8.03. The van der Waals surface area contributed by atoms with Gasteiger partial charge in [-0.15, -0.1) is 0 Å². The van der Waals surface area contributed by atoms with Crippen LogP contribution >= 0.6 is 11.6 Å². The fourth-order valence-electron chi connectivity index (χ4n) is 1.77. The largest absolute Gasteiger partial charge is 0.489 e. The highest BCUT2D eigenvalue weighted by molar-refractivity contribution is 6.32. The summed E-state index contributed by atoms with van der Waals surface area (Å²) in [5.41, 5.74) is 0.272. The summed E-state index contributed by atoms with van der Waals surface area (Å²) in [7, 11) is 0. The lowest BCUT2D eigenvalue weighted by Crippen LogP contribution is -2.37. The summed E-state index contributed by atoms with van der Waals surface area (Å²) in [5, 5.41) is 14.2. The molecule has 0 spiro atoms. The van der Waals surface area contributed by atoms with Crippen molar-refractivity contribution >= 4 is 11.6 Å². The number of ether oxygens (including phenoxy) is 1. The van der Waals surface area contributed by atoms with Crippen molar-refractivity contribution in [2.75, 3.05) is 13.2 Å². The molecule has 4 heteroatoms. The normalized spacial score (nSPS) is 15.8. The number of aliphatic hydroxyl groups is 1. The first-order chi connectivity index (χ1) is 9.77. The van der Waals surface area contributed by atoms with Crippen LogP contribution in [0.4, 0.5) is 0 Å². The van der Waals surface area contributed by atoms with E-state index < -0.39 is 5.60 Å². The van der Waals surface area contributed by atoms with E-state index in [1.807, 2.05) is 32.0 Å². The SMILES string of the molecule is CCCNC(C)c1ccc(OCC(C)(O)C(C)C)c(Cl)c1. The van der Waals surface area contributed by atoms with E-state index in [1.165, 1.54) is 0 Å². The molecule has 0 fully saturated rings. The molecule has 3 nitrogen and oxygen atoms in total. The molecular formula is C17H28ClNO2. The van der Waals surface area contributed by atoms with Gasteiger partial charge in [-0.05, 0) is 50.4 Å². The molecule has 0 aromatic heterocycles. The highest BCUT2D eigenvalue weighted by Gasteiger charge is 2.26. The Morgan fingerprint density at radius 2 is 2.00 bits per heavy atom. The second-order valence-corrected chi connectivity index (χ2v) is 6.57. The van der Waals surface area contributed by atoms with E-state index in [0.29, 0.717) is 10.8 Å². The van der Waals surface area contributed by atoms with Crippen molar-refractivity contribution in [1.29, 1.82) is 0 Å². The number of benzene rings is 1. The molecule has 0 bridgehead atoms. The third kappa shape index (κ3) is 5.50. The Morgan fingerprint density at radius 3 is 2.52 bits per heavy atom. The Kier molecular flexibility index (Phi) is 6.98. The molecule has 2 atom stereocenters. The minimum atomic E-state index is -0.863. The minimum Gasteiger partial charge on any atom is -0.489 e. The van der Waals surface area contributed by atoms with Crippen LogP contribution in [0.3, 0.4) is 0 Å². The molecule has 2 unspecified atom stereocenters. The molecule has 0 aliphatic rings. The van der Waals surface area contributed by atoms with Crippen LogP contribution in [0.15, 0.2) is 18.2 Å². The van der Waals surface area contributed by atoms with E-state index in [2.05, 4.69) is 19.2 Å². The van der Waals surface area contributed by atoms with Crippen LogP contribution in [0.2, 0.25) is 5.02 Å². The Labute approximate surface area is 133 Å². The minimum absolute atomic E-state index is 0.119. The number of nitrogens with one attached hydrogen (secondary N) is 1. The van der Waals surface area contributed by atoms with Crippen LogP contribution in [-0.4, -0.2) is 23.9 Å². The maximum absolute atomic E-state index is 10.2. The maximum Gasteiger partial charge on any atom is 0.138 e. The van der Waals surface area contributed by atoms with Gasteiger partial charge in [-0.25, -0.2) is 0 Å². The van der Waals surface area contributed by atoms with Crippen LogP contribution in [0.5, 0.6) is 5.75 Å². The molecule has 1 aromatic rings. The van der Waals surface area contributed by atoms with E-state index in [4.69, 9.17) is 16.3 Å². The summed E-state index contributed by atoms with van der Waals surface area (Å²) in [6.07, 6.45) is 1.10. The zero-order chi connectivity index (χ0) is 16.0. The van der Waals surface area contributed by atoms with Gasteiger partial charge < -0.3 is 15.2 Å². The summed E-state index contributed by atoms with van der Waals surface area (Å²) >= 11 is 6.28. The fraction of sp³-hybridized carbons (Fsp3) is 0.647. The van der Waals surface area contributed by atoms with Gasteiger partial charge in [0, 0.05) is 6.04 Å². The van der Waals surface area contributed by atoms with E-state index in [9.17, 15) is 5.11 Å². The average Bonchev–Trinajstić information content (AvgIpc) is 2.43. The molecular weight excluding hydrogens is 286 g/mol. The van der Waals surface area contributed by atoms with Crippen LogP contribution in [0.1, 0.15) is 52.6 Å². The quantitative estimate of drug-likeness (QED) is 0.756. The zero-order valence-corrected chi connectivity index (χ0v) is 14.5. The van der Waals surface area contributed by atoms with Gasteiger partial charge in [-0.2, -0.15) is 0 Å². The summed E-state index contributed by atoms with van der Waals surface area (Å²) in [5.74, 6) is 0.734. The smallest absolute Gasteiger partial charge is 0.138 e. The van der Waals surface area contributed by atoms with Gasteiger partial charge in [0.1, 0.15) is 12.4 Å². The van der Waals surface area contributed by atoms with Crippen molar-refractivity contribution in [3.05, 3.63) is 28.8 Å². The molecule has 2 N–H and O–H groups in total. The first-order valence-electron chi connectivity index (χ1n) is 7.66. The predicted octanol–water partition coefficient (Wildman–Crippen LogP) is 4.19. The topological polar surface area (TPSA) is 41.5 Å². The highest BCUT2D eigenvalue weighted by atomic mass is 35.5. The van der Waals surface area contributed by atoms with Crippen LogP contribution in [0, 0.1) is 5.92 Å². The first kappa shape index (κ1) is 18.3. The van der Waals surface area contributed by atoms with E-state index in [1.54, 1.807) is 6.92 Å². The van der Waals surface area contributed by atoms with Gasteiger partial charge in [-0.3, -0.25) is 0 Å². The molecule has 0 saturated heterocycles. The second kappa shape index (κ2) is 8.02. The van der Waals surface area contributed by atoms with Crippen molar-refractivity contribution in [1.82, 2.24) is 5.32 Å². The average molecular weight is 314 g/mol. The van der Waals surface area contributed by atoms with Crippen molar-refractivity contribution in [3.63, 3.8) is 0 Å².